The summed E-state index contributed by atoms with van der Waals surface area (Å²) in [6, 6.07) is 3.66. The molecule has 0 radical (unpaired) electrons. The lowest BCUT2D eigenvalue weighted by molar-refractivity contribution is -0.139. The fraction of sp³-hybridized carbons (Fsp3) is 0.462. The van der Waals surface area contributed by atoms with E-state index in [-0.39, 0.29) is 25.2 Å². The average Bonchev–Trinajstić information content (AvgIpc) is 2.33. The molecule has 1 aromatic carbocycles. The Kier molecular flexibility index (Phi) is 5.20. The van der Waals surface area contributed by atoms with Gasteiger partial charge in [-0.25, -0.2) is 0 Å². The van der Waals surface area contributed by atoms with Gasteiger partial charge in [-0.3, -0.25) is 4.79 Å². The van der Waals surface area contributed by atoms with Gasteiger partial charge in [0.15, 0.2) is 0 Å². The molecular weight excluding hydrogens is 261 g/mol. The first-order valence-electron chi connectivity index (χ1n) is 5.89. The number of alkyl halides is 3. The van der Waals surface area contributed by atoms with Crippen LogP contribution in [0.3, 0.4) is 0 Å². The number of ether oxygens (including phenoxy) is 1. The number of benzene rings is 1. The highest BCUT2D eigenvalue weighted by Crippen LogP contribution is 2.37. The number of hydrogen-bond donors (Lipinski definition) is 1. The lowest BCUT2D eigenvalue weighted by atomic mass is 10.1. The first-order valence-corrected chi connectivity index (χ1v) is 5.89. The van der Waals surface area contributed by atoms with E-state index in [9.17, 15) is 18.0 Å². The Balaban J connectivity index is 2.98. The van der Waals surface area contributed by atoms with E-state index in [4.69, 9.17) is 9.84 Å². The second-order valence-corrected chi connectivity index (χ2v) is 4.07. The van der Waals surface area contributed by atoms with Crippen LogP contribution in [0.15, 0.2) is 18.2 Å². The molecule has 0 saturated heterocycles. The summed E-state index contributed by atoms with van der Waals surface area (Å²) in [4.78, 5) is 10.4. The van der Waals surface area contributed by atoms with Crippen molar-refractivity contribution >= 4 is 5.97 Å². The van der Waals surface area contributed by atoms with Crippen LogP contribution in [0.2, 0.25) is 0 Å². The Labute approximate surface area is 109 Å². The molecule has 0 saturated carbocycles. The molecule has 0 heterocycles. The van der Waals surface area contributed by atoms with Crippen LogP contribution < -0.4 is 4.74 Å². The zero-order valence-electron chi connectivity index (χ0n) is 10.5. The van der Waals surface area contributed by atoms with E-state index in [0.29, 0.717) is 12.0 Å². The van der Waals surface area contributed by atoms with Crippen molar-refractivity contribution in [3.63, 3.8) is 0 Å². The molecule has 0 aliphatic carbocycles. The number of carboxylic acid groups (broad SMARTS) is 1. The standard InChI is InChI=1S/C13H15F3O3/c1-2-7-19-11-5-3-9(4-6-12(17)18)8-10(11)13(14,15)16/h3,5,8H,2,4,6-7H2,1H3,(H,17,18). The Morgan fingerprint density at radius 2 is 2.05 bits per heavy atom. The maximum Gasteiger partial charge on any atom is 0.419 e. The van der Waals surface area contributed by atoms with Crippen LogP contribution in [-0.4, -0.2) is 17.7 Å². The van der Waals surface area contributed by atoms with Crippen LogP contribution in [0, 0.1) is 0 Å². The van der Waals surface area contributed by atoms with Crippen molar-refractivity contribution in [3.05, 3.63) is 29.3 Å². The van der Waals surface area contributed by atoms with Crippen molar-refractivity contribution in [3.8, 4) is 5.75 Å². The van der Waals surface area contributed by atoms with Crippen LogP contribution in [0.25, 0.3) is 0 Å². The maximum absolute atomic E-state index is 12.9. The Morgan fingerprint density at radius 3 is 2.58 bits per heavy atom. The van der Waals surface area contributed by atoms with Crippen molar-refractivity contribution in [2.75, 3.05) is 6.61 Å². The fourth-order valence-electron chi connectivity index (χ4n) is 1.54. The predicted molar refractivity (Wildman–Crippen MR) is 63.2 cm³/mol. The van der Waals surface area contributed by atoms with Crippen LogP contribution in [-0.2, 0) is 17.4 Å². The third-order valence-corrected chi connectivity index (χ3v) is 2.44. The molecule has 6 heteroatoms. The van der Waals surface area contributed by atoms with Gasteiger partial charge in [-0.05, 0) is 30.5 Å². The largest absolute Gasteiger partial charge is 0.493 e. The van der Waals surface area contributed by atoms with Gasteiger partial charge in [0.2, 0.25) is 0 Å². The summed E-state index contributed by atoms with van der Waals surface area (Å²) >= 11 is 0. The smallest absolute Gasteiger partial charge is 0.419 e. The first-order chi connectivity index (χ1) is 8.84. The second-order valence-electron chi connectivity index (χ2n) is 4.07. The molecule has 3 nitrogen and oxygen atoms in total. The van der Waals surface area contributed by atoms with Gasteiger partial charge in [0.25, 0.3) is 0 Å². The third-order valence-electron chi connectivity index (χ3n) is 2.44. The average molecular weight is 276 g/mol. The van der Waals surface area contributed by atoms with E-state index in [0.717, 1.165) is 6.07 Å². The summed E-state index contributed by atoms with van der Waals surface area (Å²) in [5.41, 5.74) is -0.526. The van der Waals surface area contributed by atoms with Gasteiger partial charge in [-0.2, -0.15) is 13.2 Å². The molecule has 1 N–H and O–H groups in total. The number of carbonyl (C=O) groups is 1. The number of hydrogen-bond acceptors (Lipinski definition) is 2. The summed E-state index contributed by atoms with van der Waals surface area (Å²) in [5, 5.41) is 8.53. The minimum atomic E-state index is -4.51. The van der Waals surface area contributed by atoms with Gasteiger partial charge >= 0.3 is 12.1 Å². The van der Waals surface area contributed by atoms with Gasteiger partial charge in [0, 0.05) is 6.42 Å². The monoisotopic (exact) mass is 276 g/mol. The predicted octanol–water partition coefficient (Wildman–Crippen LogP) is 3.51. The van der Waals surface area contributed by atoms with Crippen molar-refractivity contribution in [2.24, 2.45) is 0 Å². The van der Waals surface area contributed by atoms with E-state index >= 15 is 0 Å². The van der Waals surface area contributed by atoms with Crippen molar-refractivity contribution in [1.82, 2.24) is 0 Å². The first kappa shape index (κ1) is 15.3. The van der Waals surface area contributed by atoms with E-state index < -0.39 is 17.7 Å². The molecule has 19 heavy (non-hydrogen) atoms. The SMILES string of the molecule is CCCOc1ccc(CCC(=O)O)cc1C(F)(F)F. The number of rotatable bonds is 6. The summed E-state index contributed by atoms with van der Waals surface area (Å²) in [7, 11) is 0. The molecule has 0 bridgehead atoms. The minimum absolute atomic E-state index is 0.0620. The molecular formula is C13H15F3O3. The summed E-state index contributed by atoms with van der Waals surface area (Å²) in [6.07, 6.45) is -4.04. The summed E-state index contributed by atoms with van der Waals surface area (Å²) < 4.78 is 43.6. The number of carboxylic acids is 1. The van der Waals surface area contributed by atoms with Crippen molar-refractivity contribution < 1.29 is 27.8 Å². The van der Waals surface area contributed by atoms with E-state index in [1.807, 2.05) is 0 Å². The molecule has 0 spiro atoms. The quantitative estimate of drug-likeness (QED) is 0.864. The number of aliphatic carboxylic acids is 1. The lowest BCUT2D eigenvalue weighted by Crippen LogP contribution is -2.10. The molecule has 0 aliphatic heterocycles. The number of halogens is 3. The van der Waals surface area contributed by atoms with Gasteiger partial charge in [-0.15, -0.1) is 0 Å². The normalized spacial score (nSPS) is 11.4. The molecule has 0 fully saturated rings. The summed E-state index contributed by atoms with van der Waals surface area (Å²) in [5.74, 6) is -1.26. The lowest BCUT2D eigenvalue weighted by Gasteiger charge is -2.15. The highest BCUT2D eigenvalue weighted by atomic mass is 19.4. The Hall–Kier alpha value is -1.72. The van der Waals surface area contributed by atoms with E-state index in [1.165, 1.54) is 12.1 Å². The van der Waals surface area contributed by atoms with Crippen LogP contribution in [0.1, 0.15) is 30.9 Å². The molecule has 0 aromatic heterocycles. The molecule has 0 amide bonds. The highest BCUT2D eigenvalue weighted by Gasteiger charge is 2.34. The fourth-order valence-corrected chi connectivity index (χ4v) is 1.54. The van der Waals surface area contributed by atoms with Gasteiger partial charge in [-0.1, -0.05) is 13.0 Å². The molecule has 1 rings (SSSR count). The third kappa shape index (κ3) is 4.81. The maximum atomic E-state index is 12.9. The van der Waals surface area contributed by atoms with Gasteiger partial charge < -0.3 is 9.84 Å². The van der Waals surface area contributed by atoms with Crippen molar-refractivity contribution in [1.29, 1.82) is 0 Å². The van der Waals surface area contributed by atoms with Crippen LogP contribution >= 0.6 is 0 Å². The topological polar surface area (TPSA) is 46.5 Å². The molecule has 106 valence electrons. The molecule has 0 unspecified atom stereocenters. The Bertz CT molecular complexity index is 441. The molecule has 0 aliphatic rings. The minimum Gasteiger partial charge on any atom is -0.493 e. The van der Waals surface area contributed by atoms with Crippen LogP contribution in [0.5, 0.6) is 5.75 Å². The zero-order chi connectivity index (χ0) is 14.5. The van der Waals surface area contributed by atoms with E-state index in [2.05, 4.69) is 0 Å². The zero-order valence-corrected chi connectivity index (χ0v) is 10.5. The molecule has 1 aromatic rings. The highest BCUT2D eigenvalue weighted by molar-refractivity contribution is 5.67. The number of aryl methyl sites for hydroxylation is 1. The van der Waals surface area contributed by atoms with Gasteiger partial charge in [0.1, 0.15) is 5.75 Å². The second kappa shape index (κ2) is 6.45. The van der Waals surface area contributed by atoms with Crippen LogP contribution in [0.4, 0.5) is 13.2 Å². The van der Waals surface area contributed by atoms with E-state index in [1.54, 1.807) is 6.92 Å². The van der Waals surface area contributed by atoms with Gasteiger partial charge in [0.05, 0.1) is 12.2 Å². The Morgan fingerprint density at radius 1 is 1.37 bits per heavy atom. The summed E-state index contributed by atoms with van der Waals surface area (Å²) in [6.45, 7) is 2.01. The van der Waals surface area contributed by atoms with Crippen molar-refractivity contribution in [2.45, 2.75) is 32.4 Å². The molecule has 0 atom stereocenters.